The highest BCUT2D eigenvalue weighted by atomic mass is 16.5. The molecular formula is C12H13N5O2. The van der Waals surface area contributed by atoms with Crippen LogP contribution in [0.25, 0.3) is 11.1 Å². The maximum Gasteiger partial charge on any atom is 0.342 e. The molecule has 0 atom stereocenters. The Morgan fingerprint density at radius 1 is 1.58 bits per heavy atom. The Kier molecular flexibility index (Phi) is 3.56. The average molecular weight is 259 g/mol. The molecule has 0 unspecified atom stereocenters. The fourth-order valence-corrected chi connectivity index (χ4v) is 1.61. The molecule has 2 aromatic heterocycles. The van der Waals surface area contributed by atoms with Crippen LogP contribution in [0.4, 0.5) is 0 Å². The largest absolute Gasteiger partial charge is 0.462 e. The molecule has 0 saturated carbocycles. The number of nitrogens with two attached hydrogens (primary N) is 1. The molecule has 0 aromatic carbocycles. The van der Waals surface area contributed by atoms with Crippen molar-refractivity contribution >= 4 is 23.3 Å². The molecule has 7 nitrogen and oxygen atoms in total. The first kappa shape index (κ1) is 12.7. The third-order valence-corrected chi connectivity index (χ3v) is 2.53. The van der Waals surface area contributed by atoms with Crippen LogP contribution >= 0.6 is 0 Å². The number of carbonyl (C=O) groups excluding carboxylic acids is 1. The number of allylic oxidation sites excluding steroid dienone is 1. The van der Waals surface area contributed by atoms with Crippen molar-refractivity contribution < 1.29 is 9.53 Å². The molecule has 0 radical (unpaired) electrons. The Morgan fingerprint density at radius 3 is 3.00 bits per heavy atom. The summed E-state index contributed by atoms with van der Waals surface area (Å²) < 4.78 is 6.43. The minimum Gasteiger partial charge on any atom is -0.462 e. The maximum absolute atomic E-state index is 11.7. The van der Waals surface area contributed by atoms with Gasteiger partial charge in [0.2, 0.25) is 0 Å². The molecular weight excluding hydrogens is 246 g/mol. The number of hydrogen-bond donors (Lipinski definition) is 2. The normalized spacial score (nSPS) is 11.5. The van der Waals surface area contributed by atoms with E-state index < -0.39 is 5.97 Å². The van der Waals surface area contributed by atoms with Crippen LogP contribution in [-0.2, 0) is 4.74 Å². The van der Waals surface area contributed by atoms with Crippen LogP contribution < -0.4 is 5.73 Å². The molecule has 0 aliphatic rings. The first-order chi connectivity index (χ1) is 9.21. The first-order valence-corrected chi connectivity index (χ1v) is 5.64. The quantitative estimate of drug-likeness (QED) is 0.625. The van der Waals surface area contributed by atoms with Crippen LogP contribution in [0, 0.1) is 5.41 Å². The summed E-state index contributed by atoms with van der Waals surface area (Å²) in [5.41, 5.74) is 7.27. The Balaban J connectivity index is 2.48. The molecule has 19 heavy (non-hydrogen) atoms. The number of carbonyl (C=O) groups is 1. The number of fused-ring (bicyclic) bond motifs is 1. The molecule has 0 saturated heterocycles. The fraction of sp³-hybridized carbons (Fsp3) is 0.167. The lowest BCUT2D eigenvalue weighted by molar-refractivity contribution is 0.0528. The van der Waals surface area contributed by atoms with Crippen LogP contribution in [0.3, 0.4) is 0 Å². The van der Waals surface area contributed by atoms with Gasteiger partial charge in [-0.25, -0.2) is 9.31 Å². The number of hydrogen-bond acceptors (Lipinski definition) is 6. The van der Waals surface area contributed by atoms with Crippen molar-refractivity contribution in [3.63, 3.8) is 0 Å². The van der Waals surface area contributed by atoms with Gasteiger partial charge >= 0.3 is 5.97 Å². The summed E-state index contributed by atoms with van der Waals surface area (Å²) in [5.74, 6) is -0.436. The number of ether oxygens (including phenoxy) is 1. The summed E-state index contributed by atoms with van der Waals surface area (Å²) in [6, 6.07) is 0. The summed E-state index contributed by atoms with van der Waals surface area (Å²) in [5, 5.41) is 11.3. The minimum atomic E-state index is -0.436. The molecule has 2 aromatic rings. The lowest BCUT2D eigenvalue weighted by Gasteiger charge is -2.02. The number of rotatable bonds is 4. The van der Waals surface area contributed by atoms with E-state index in [1.807, 2.05) is 0 Å². The molecule has 98 valence electrons. The Morgan fingerprint density at radius 2 is 2.37 bits per heavy atom. The van der Waals surface area contributed by atoms with E-state index in [0.29, 0.717) is 29.0 Å². The molecule has 2 rings (SSSR count). The van der Waals surface area contributed by atoms with Crippen LogP contribution in [0.1, 0.15) is 23.0 Å². The average Bonchev–Trinajstić information content (AvgIpc) is 2.83. The van der Waals surface area contributed by atoms with Crippen molar-refractivity contribution in [1.82, 2.24) is 14.6 Å². The van der Waals surface area contributed by atoms with Crippen molar-refractivity contribution in [2.45, 2.75) is 6.92 Å². The van der Waals surface area contributed by atoms with E-state index in [-0.39, 0.29) is 0 Å². The monoisotopic (exact) mass is 259 g/mol. The van der Waals surface area contributed by atoms with E-state index in [9.17, 15) is 4.79 Å². The van der Waals surface area contributed by atoms with Crippen LogP contribution in [0.2, 0.25) is 0 Å². The topological polar surface area (TPSA) is 106 Å². The molecule has 0 fully saturated rings. The van der Waals surface area contributed by atoms with E-state index in [1.54, 1.807) is 13.1 Å². The van der Waals surface area contributed by atoms with E-state index in [1.165, 1.54) is 23.1 Å². The van der Waals surface area contributed by atoms with Gasteiger partial charge in [0.15, 0.2) is 0 Å². The van der Waals surface area contributed by atoms with Gasteiger partial charge in [-0.1, -0.05) is 0 Å². The molecule has 0 amide bonds. The molecule has 0 bridgehead atoms. The van der Waals surface area contributed by atoms with Gasteiger partial charge in [-0.15, -0.1) is 0 Å². The van der Waals surface area contributed by atoms with Crippen molar-refractivity contribution in [2.24, 2.45) is 5.73 Å². The lowest BCUT2D eigenvalue weighted by atomic mass is 10.2. The standard InChI is InChI=1S/C12H13N5O2/c1-2-19-12(18)9-5-16-17-7-10(8(3-13)4-14)15-6-11(9)17/h3-7,13H,2,14H2,1H3/b8-4+,13-3?. The summed E-state index contributed by atoms with van der Waals surface area (Å²) in [4.78, 5) is 15.8. The Hall–Kier alpha value is -2.70. The van der Waals surface area contributed by atoms with Crippen LogP contribution in [-0.4, -0.2) is 33.4 Å². The highest BCUT2D eigenvalue weighted by Crippen LogP contribution is 2.14. The van der Waals surface area contributed by atoms with Crippen molar-refractivity contribution in [2.75, 3.05) is 6.61 Å². The van der Waals surface area contributed by atoms with Gasteiger partial charge in [-0.3, -0.25) is 4.98 Å². The predicted molar refractivity (Wildman–Crippen MR) is 69.9 cm³/mol. The molecule has 0 aliphatic heterocycles. The zero-order chi connectivity index (χ0) is 13.8. The molecule has 2 heterocycles. The second-order valence-corrected chi connectivity index (χ2v) is 3.65. The number of aromatic nitrogens is 3. The predicted octanol–water partition coefficient (Wildman–Crippen LogP) is 0.855. The van der Waals surface area contributed by atoms with Crippen LogP contribution in [0.15, 0.2) is 24.8 Å². The van der Waals surface area contributed by atoms with E-state index in [0.717, 1.165) is 6.21 Å². The van der Waals surface area contributed by atoms with E-state index in [2.05, 4.69) is 10.1 Å². The highest BCUT2D eigenvalue weighted by Gasteiger charge is 2.14. The summed E-state index contributed by atoms with van der Waals surface area (Å²) in [7, 11) is 0. The zero-order valence-electron chi connectivity index (χ0n) is 10.3. The number of esters is 1. The summed E-state index contributed by atoms with van der Waals surface area (Å²) in [6.07, 6.45) is 6.92. The van der Waals surface area contributed by atoms with E-state index in [4.69, 9.17) is 15.9 Å². The lowest BCUT2D eigenvalue weighted by Crippen LogP contribution is -2.04. The van der Waals surface area contributed by atoms with E-state index >= 15 is 0 Å². The third kappa shape index (κ3) is 2.30. The maximum atomic E-state index is 11.7. The van der Waals surface area contributed by atoms with Crippen molar-refractivity contribution in [1.29, 1.82) is 5.41 Å². The Labute approximate surface area is 109 Å². The SMILES string of the molecule is CCOC(=O)c1cnn2cc(/C(C=N)=C/N)ncc12. The molecule has 0 spiro atoms. The van der Waals surface area contributed by atoms with Gasteiger partial charge in [0.25, 0.3) is 0 Å². The smallest absolute Gasteiger partial charge is 0.342 e. The summed E-state index contributed by atoms with van der Waals surface area (Å²) >= 11 is 0. The highest BCUT2D eigenvalue weighted by molar-refractivity contribution is 6.07. The first-order valence-electron chi connectivity index (χ1n) is 5.64. The Bertz CT molecular complexity index is 659. The van der Waals surface area contributed by atoms with Gasteiger partial charge in [0, 0.05) is 18.0 Å². The van der Waals surface area contributed by atoms with Crippen molar-refractivity contribution in [3.05, 3.63) is 36.0 Å². The third-order valence-electron chi connectivity index (χ3n) is 2.53. The van der Waals surface area contributed by atoms with Gasteiger partial charge in [0.1, 0.15) is 5.56 Å². The fourth-order valence-electron chi connectivity index (χ4n) is 1.61. The van der Waals surface area contributed by atoms with Gasteiger partial charge in [0.05, 0.1) is 36.4 Å². The van der Waals surface area contributed by atoms with Crippen LogP contribution in [0.5, 0.6) is 0 Å². The molecule has 7 heteroatoms. The van der Waals surface area contributed by atoms with Gasteiger partial charge in [-0.2, -0.15) is 5.10 Å². The van der Waals surface area contributed by atoms with Gasteiger partial charge < -0.3 is 15.9 Å². The minimum absolute atomic E-state index is 0.301. The molecule has 3 N–H and O–H groups in total. The van der Waals surface area contributed by atoms with Gasteiger partial charge in [-0.05, 0) is 6.92 Å². The number of nitrogens with one attached hydrogen (secondary N) is 1. The second-order valence-electron chi connectivity index (χ2n) is 3.65. The summed E-state index contributed by atoms with van der Waals surface area (Å²) in [6.45, 7) is 2.04. The zero-order valence-corrected chi connectivity index (χ0v) is 10.3. The molecule has 0 aliphatic carbocycles. The second kappa shape index (κ2) is 5.30. The van der Waals surface area contributed by atoms with Crippen molar-refractivity contribution in [3.8, 4) is 0 Å². The number of nitrogens with zero attached hydrogens (tertiary/aromatic N) is 3.